The molecule has 2 aromatic carbocycles. The number of nitrogens with zero attached hydrogens (tertiary/aromatic N) is 5. The highest BCUT2D eigenvalue weighted by Gasteiger charge is 2.38. The minimum atomic E-state index is -2.98. The first-order valence-corrected chi connectivity index (χ1v) is 15.3. The number of nitrogens with two attached hydrogens (primary N) is 1. The van der Waals surface area contributed by atoms with Gasteiger partial charge in [0.2, 0.25) is 0 Å². The van der Waals surface area contributed by atoms with Crippen LogP contribution in [0.15, 0.2) is 35.6 Å². The van der Waals surface area contributed by atoms with Crippen LogP contribution in [0.5, 0.6) is 5.75 Å². The number of anilines is 3. The molecule has 6 rings (SSSR count). The standard InChI is InChI=1S/C28H18ClF4N7O3S2/c1-44-27-37-19-16-21(43-8-7-40(25(16)38-27)20(23(32)33)11-3-2-6-36-24(11)35)17(29)15(18(19)31)10-4-5-13(30)22-14(10)12(9-34)26(45-22)39-28(41)42/h2-6,20,23,39H,7-8H2,1H3,(H2,35,36)(H,41,42)/t20-/m0/s1. The van der Waals surface area contributed by atoms with Crippen LogP contribution in [0.3, 0.4) is 0 Å². The summed E-state index contributed by atoms with van der Waals surface area (Å²) < 4.78 is 67.2. The van der Waals surface area contributed by atoms with Crippen LogP contribution >= 0.6 is 34.7 Å². The monoisotopic (exact) mass is 675 g/mol. The zero-order chi connectivity index (χ0) is 32.2. The molecule has 1 amide bonds. The van der Waals surface area contributed by atoms with Crippen molar-refractivity contribution < 1.29 is 32.2 Å². The molecule has 45 heavy (non-hydrogen) atoms. The summed E-state index contributed by atoms with van der Waals surface area (Å²) in [7, 11) is 0. The van der Waals surface area contributed by atoms with E-state index in [1.165, 1.54) is 29.3 Å². The van der Waals surface area contributed by atoms with E-state index in [1.54, 1.807) is 6.26 Å². The summed E-state index contributed by atoms with van der Waals surface area (Å²) >= 11 is 8.53. The lowest BCUT2D eigenvalue weighted by Crippen LogP contribution is -2.37. The number of fused-ring (bicyclic) bond motifs is 1. The van der Waals surface area contributed by atoms with Crippen molar-refractivity contribution >= 4 is 78.4 Å². The molecule has 0 unspecified atom stereocenters. The van der Waals surface area contributed by atoms with Gasteiger partial charge in [-0.15, -0.1) is 11.3 Å². The second kappa shape index (κ2) is 11.7. The Kier molecular flexibility index (Phi) is 7.93. The summed E-state index contributed by atoms with van der Waals surface area (Å²) in [5, 5.41) is 20.6. The molecule has 0 fully saturated rings. The van der Waals surface area contributed by atoms with E-state index >= 15 is 4.39 Å². The molecule has 1 aliphatic rings. The third-order valence-corrected chi connectivity index (χ3v) is 9.15. The maximum absolute atomic E-state index is 16.8. The predicted molar refractivity (Wildman–Crippen MR) is 164 cm³/mol. The highest BCUT2D eigenvalue weighted by atomic mass is 35.5. The van der Waals surface area contributed by atoms with Crippen LogP contribution in [0.4, 0.5) is 39.0 Å². The number of thiophene rings is 1. The van der Waals surface area contributed by atoms with Gasteiger partial charge in [0, 0.05) is 22.7 Å². The number of nitriles is 1. The van der Waals surface area contributed by atoms with Gasteiger partial charge in [0.15, 0.2) is 16.7 Å². The molecule has 10 nitrogen and oxygen atoms in total. The minimum absolute atomic E-state index is 0.0255. The van der Waals surface area contributed by atoms with Gasteiger partial charge in [-0.25, -0.2) is 37.3 Å². The van der Waals surface area contributed by atoms with Crippen LogP contribution in [0.1, 0.15) is 17.2 Å². The van der Waals surface area contributed by atoms with E-state index in [-0.39, 0.29) is 89.0 Å². The smallest absolute Gasteiger partial charge is 0.409 e. The SMILES string of the molecule is CSc1nc2c3c(c(Cl)c(-c4ccc(F)c5sc(NC(=O)O)c(C#N)c45)c(F)c3n1)OCCN2[C@@H](c1cccnc1N)C(F)F. The molecule has 0 spiro atoms. The maximum atomic E-state index is 16.8. The molecular weight excluding hydrogens is 658 g/mol. The molecule has 5 aromatic rings. The summed E-state index contributed by atoms with van der Waals surface area (Å²) in [4.78, 5) is 25.4. The van der Waals surface area contributed by atoms with Gasteiger partial charge >= 0.3 is 6.09 Å². The van der Waals surface area contributed by atoms with Gasteiger partial charge in [-0.1, -0.05) is 35.5 Å². The topological polar surface area (TPSA) is 150 Å². The van der Waals surface area contributed by atoms with E-state index in [0.29, 0.717) is 11.3 Å². The molecule has 0 aliphatic carbocycles. The van der Waals surface area contributed by atoms with Gasteiger partial charge in [0.1, 0.15) is 46.7 Å². The van der Waals surface area contributed by atoms with Crippen molar-refractivity contribution in [2.45, 2.75) is 17.6 Å². The van der Waals surface area contributed by atoms with Crippen LogP contribution in [-0.4, -0.2) is 52.0 Å². The summed E-state index contributed by atoms with van der Waals surface area (Å²) in [5.41, 5.74) is 5.09. The number of pyridine rings is 1. The van der Waals surface area contributed by atoms with Crippen molar-refractivity contribution in [1.82, 2.24) is 15.0 Å². The highest BCUT2D eigenvalue weighted by molar-refractivity contribution is 7.98. The zero-order valence-corrected chi connectivity index (χ0v) is 25.1. The largest absolute Gasteiger partial charge is 0.489 e. The molecule has 230 valence electrons. The van der Waals surface area contributed by atoms with E-state index < -0.39 is 30.2 Å². The Morgan fingerprint density at radius 2 is 2.07 bits per heavy atom. The number of aromatic nitrogens is 3. The number of ether oxygens (including phenoxy) is 1. The summed E-state index contributed by atoms with van der Waals surface area (Å²) in [6.45, 7) is -0.332. The van der Waals surface area contributed by atoms with Gasteiger partial charge in [-0.2, -0.15) is 5.26 Å². The van der Waals surface area contributed by atoms with Crippen molar-refractivity contribution in [1.29, 1.82) is 5.26 Å². The lowest BCUT2D eigenvalue weighted by atomic mass is 9.96. The van der Waals surface area contributed by atoms with Gasteiger partial charge in [-0.3, -0.25) is 5.32 Å². The summed E-state index contributed by atoms with van der Waals surface area (Å²) in [5.74, 6) is -2.12. The Hall–Kier alpha value is -4.59. The molecule has 0 radical (unpaired) electrons. The van der Waals surface area contributed by atoms with Crippen LogP contribution in [-0.2, 0) is 0 Å². The number of benzene rings is 2. The second-order valence-corrected chi connectivity index (χ2v) is 11.7. The Labute approximate surface area is 264 Å². The second-order valence-electron chi connectivity index (χ2n) is 9.54. The molecule has 4 N–H and O–H groups in total. The Balaban J connectivity index is 1.68. The third-order valence-electron chi connectivity index (χ3n) is 7.13. The van der Waals surface area contributed by atoms with Crippen LogP contribution in [0.25, 0.3) is 32.1 Å². The number of carbonyl (C=O) groups is 1. The van der Waals surface area contributed by atoms with E-state index in [4.69, 9.17) is 22.1 Å². The Morgan fingerprint density at radius 3 is 2.73 bits per heavy atom. The maximum Gasteiger partial charge on any atom is 0.409 e. The Morgan fingerprint density at radius 1 is 1.29 bits per heavy atom. The lowest BCUT2D eigenvalue weighted by Gasteiger charge is -2.32. The first-order chi connectivity index (χ1) is 21.6. The molecule has 3 aromatic heterocycles. The number of alkyl halides is 2. The molecule has 0 saturated heterocycles. The van der Waals surface area contributed by atoms with E-state index in [9.17, 15) is 28.3 Å². The fourth-order valence-electron chi connectivity index (χ4n) is 5.32. The normalized spacial score (nSPS) is 13.5. The van der Waals surface area contributed by atoms with Crippen molar-refractivity contribution in [3.63, 3.8) is 0 Å². The molecule has 1 atom stereocenters. The van der Waals surface area contributed by atoms with Crippen molar-refractivity contribution in [2.75, 3.05) is 35.4 Å². The van der Waals surface area contributed by atoms with Gasteiger partial charge in [-0.05, 0) is 24.0 Å². The number of thioether (sulfide) groups is 1. The van der Waals surface area contributed by atoms with Crippen LogP contribution in [0.2, 0.25) is 5.02 Å². The summed E-state index contributed by atoms with van der Waals surface area (Å²) in [6.07, 6.45) is -1.48. The molecule has 0 bridgehead atoms. The number of carboxylic acid groups (broad SMARTS) is 1. The quantitative estimate of drug-likeness (QED) is 0.0950. The van der Waals surface area contributed by atoms with Gasteiger partial charge in [0.25, 0.3) is 6.43 Å². The molecular formula is C28H18ClF4N7O3S2. The number of rotatable bonds is 6. The molecule has 4 heterocycles. The number of halogens is 5. The molecule has 1 aliphatic heterocycles. The average molecular weight is 676 g/mol. The highest BCUT2D eigenvalue weighted by Crippen LogP contribution is 2.52. The lowest BCUT2D eigenvalue weighted by molar-refractivity contribution is 0.110. The number of hydrogen-bond donors (Lipinski definition) is 3. The van der Waals surface area contributed by atoms with Gasteiger partial charge < -0.3 is 20.5 Å². The van der Waals surface area contributed by atoms with E-state index in [0.717, 1.165) is 17.8 Å². The van der Waals surface area contributed by atoms with Gasteiger partial charge in [0.05, 0.1) is 27.2 Å². The fourth-order valence-corrected chi connectivity index (χ4v) is 7.09. The fraction of sp³-hybridized carbons (Fsp3) is 0.179. The number of hydrogen-bond acceptors (Lipinski definition) is 10. The number of nitrogens with one attached hydrogen (secondary N) is 1. The van der Waals surface area contributed by atoms with Crippen molar-refractivity contribution in [2.24, 2.45) is 0 Å². The van der Waals surface area contributed by atoms with E-state index in [2.05, 4.69) is 20.3 Å². The first kappa shape index (κ1) is 30.4. The number of amides is 1. The zero-order valence-electron chi connectivity index (χ0n) is 22.7. The number of nitrogen functional groups attached to an aromatic ring is 1. The first-order valence-electron chi connectivity index (χ1n) is 12.9. The van der Waals surface area contributed by atoms with E-state index in [1.807, 2.05) is 6.07 Å². The predicted octanol–water partition coefficient (Wildman–Crippen LogP) is 7.31. The average Bonchev–Trinajstić information content (AvgIpc) is 3.26. The van der Waals surface area contributed by atoms with Crippen molar-refractivity contribution in [3.8, 4) is 22.9 Å². The minimum Gasteiger partial charge on any atom is -0.489 e. The third kappa shape index (κ3) is 4.96. The van der Waals surface area contributed by atoms with Crippen LogP contribution in [0, 0.1) is 23.0 Å². The molecule has 0 saturated carbocycles. The van der Waals surface area contributed by atoms with Crippen molar-refractivity contribution in [3.05, 3.63) is 58.2 Å². The Bertz CT molecular complexity index is 2070. The molecule has 17 heteroatoms. The van der Waals surface area contributed by atoms with Crippen LogP contribution < -0.4 is 20.7 Å². The summed E-state index contributed by atoms with van der Waals surface area (Å²) in [6, 6.07) is 5.33.